The lowest BCUT2D eigenvalue weighted by Gasteiger charge is -2.33. The molecule has 0 aromatic heterocycles. The van der Waals surface area contributed by atoms with Gasteiger partial charge < -0.3 is 10.6 Å². The summed E-state index contributed by atoms with van der Waals surface area (Å²) in [5, 5.41) is 6.49. The smallest absolute Gasteiger partial charge is 0.234 e. The fourth-order valence-corrected chi connectivity index (χ4v) is 2.51. The summed E-state index contributed by atoms with van der Waals surface area (Å²) in [6.07, 6.45) is 2.53. The van der Waals surface area contributed by atoms with Crippen LogP contribution in [-0.2, 0) is 4.79 Å². The summed E-state index contributed by atoms with van der Waals surface area (Å²) < 4.78 is 0. The molecule has 1 saturated heterocycles. The second-order valence-corrected chi connectivity index (χ2v) is 7.03. The van der Waals surface area contributed by atoms with E-state index >= 15 is 0 Å². The number of rotatable bonds is 5. The van der Waals surface area contributed by atoms with Gasteiger partial charge in [0.2, 0.25) is 5.91 Å². The van der Waals surface area contributed by atoms with Crippen molar-refractivity contribution >= 4 is 5.91 Å². The lowest BCUT2D eigenvalue weighted by atomic mass is 9.98. The Balaban J connectivity index is 2.45. The van der Waals surface area contributed by atoms with E-state index in [-0.39, 0.29) is 11.4 Å². The molecule has 19 heavy (non-hydrogen) atoms. The van der Waals surface area contributed by atoms with E-state index in [1.807, 2.05) is 20.8 Å². The molecule has 1 unspecified atom stereocenters. The highest BCUT2D eigenvalue weighted by Crippen LogP contribution is 2.13. The first kappa shape index (κ1) is 16.4. The molecule has 112 valence electrons. The molecule has 1 aliphatic heterocycles. The molecule has 1 heterocycles. The second kappa shape index (κ2) is 7.25. The van der Waals surface area contributed by atoms with Crippen LogP contribution in [0.15, 0.2) is 0 Å². The predicted molar refractivity (Wildman–Crippen MR) is 80.2 cm³/mol. The minimum atomic E-state index is -0.147. The maximum absolute atomic E-state index is 12.0. The van der Waals surface area contributed by atoms with Crippen LogP contribution in [0.3, 0.4) is 0 Å². The molecule has 1 aliphatic rings. The lowest BCUT2D eigenvalue weighted by Crippen LogP contribution is -2.49. The number of carbonyl (C=O) groups excluding carboxylic acids is 1. The van der Waals surface area contributed by atoms with E-state index in [1.165, 1.54) is 12.8 Å². The molecule has 0 aromatic rings. The van der Waals surface area contributed by atoms with Crippen LogP contribution in [0.5, 0.6) is 0 Å². The van der Waals surface area contributed by atoms with Gasteiger partial charge in [0, 0.05) is 18.1 Å². The molecule has 1 amide bonds. The zero-order chi connectivity index (χ0) is 14.5. The van der Waals surface area contributed by atoms with Crippen LogP contribution in [0.25, 0.3) is 0 Å². The zero-order valence-corrected chi connectivity index (χ0v) is 13.3. The van der Waals surface area contributed by atoms with Crippen LogP contribution in [0.2, 0.25) is 0 Å². The van der Waals surface area contributed by atoms with Crippen molar-refractivity contribution in [3.63, 3.8) is 0 Å². The average molecular weight is 269 g/mol. The Morgan fingerprint density at radius 2 is 2.11 bits per heavy atom. The van der Waals surface area contributed by atoms with E-state index in [2.05, 4.69) is 29.4 Å². The van der Waals surface area contributed by atoms with Crippen LogP contribution in [0.4, 0.5) is 0 Å². The summed E-state index contributed by atoms with van der Waals surface area (Å²) in [4.78, 5) is 14.3. The molecule has 1 rings (SSSR count). The van der Waals surface area contributed by atoms with Crippen molar-refractivity contribution in [2.75, 3.05) is 26.2 Å². The molecule has 2 N–H and O–H groups in total. The van der Waals surface area contributed by atoms with Gasteiger partial charge in [-0.15, -0.1) is 0 Å². The quantitative estimate of drug-likeness (QED) is 0.797. The van der Waals surface area contributed by atoms with Crippen LogP contribution in [-0.4, -0.2) is 48.6 Å². The monoisotopic (exact) mass is 269 g/mol. The Hall–Kier alpha value is -0.610. The third-order valence-electron chi connectivity index (χ3n) is 3.48. The highest BCUT2D eigenvalue weighted by atomic mass is 16.2. The number of nitrogens with zero attached hydrogens (tertiary/aromatic N) is 1. The molecule has 0 radical (unpaired) electrons. The number of nitrogens with one attached hydrogen (secondary N) is 2. The van der Waals surface area contributed by atoms with Gasteiger partial charge in [0.05, 0.1) is 6.54 Å². The molecular weight excluding hydrogens is 238 g/mol. The lowest BCUT2D eigenvalue weighted by molar-refractivity contribution is -0.124. The van der Waals surface area contributed by atoms with Gasteiger partial charge >= 0.3 is 0 Å². The van der Waals surface area contributed by atoms with Crippen molar-refractivity contribution in [3.05, 3.63) is 0 Å². The molecule has 0 aliphatic carbocycles. The average Bonchev–Trinajstić information content (AvgIpc) is 2.26. The third kappa shape index (κ3) is 6.92. The molecular formula is C15H31N3O. The first-order valence-corrected chi connectivity index (χ1v) is 7.53. The molecule has 4 nitrogen and oxygen atoms in total. The van der Waals surface area contributed by atoms with Crippen molar-refractivity contribution in [1.82, 2.24) is 15.5 Å². The van der Waals surface area contributed by atoms with Gasteiger partial charge in [0.15, 0.2) is 0 Å². The maximum Gasteiger partial charge on any atom is 0.234 e. The van der Waals surface area contributed by atoms with Crippen LogP contribution < -0.4 is 10.6 Å². The number of carbonyl (C=O) groups is 1. The molecule has 0 spiro atoms. The van der Waals surface area contributed by atoms with Gasteiger partial charge in [0.1, 0.15) is 0 Å². The fraction of sp³-hybridized carbons (Fsp3) is 0.933. The third-order valence-corrected chi connectivity index (χ3v) is 3.48. The highest BCUT2D eigenvalue weighted by Gasteiger charge is 2.22. The molecule has 0 bridgehead atoms. The van der Waals surface area contributed by atoms with Gasteiger partial charge in [0.25, 0.3) is 0 Å². The van der Waals surface area contributed by atoms with Gasteiger partial charge in [-0.1, -0.05) is 0 Å². The number of amides is 1. The SMILES string of the molecule is CC(C)N(CC(=O)NC(C)(C)C)CC1CCCNC1. The van der Waals surface area contributed by atoms with E-state index in [4.69, 9.17) is 0 Å². The van der Waals surface area contributed by atoms with Crippen LogP contribution in [0.1, 0.15) is 47.5 Å². The maximum atomic E-state index is 12.0. The minimum absolute atomic E-state index is 0.130. The highest BCUT2D eigenvalue weighted by molar-refractivity contribution is 5.78. The summed E-state index contributed by atoms with van der Waals surface area (Å²) in [7, 11) is 0. The second-order valence-electron chi connectivity index (χ2n) is 7.03. The standard InChI is InChI=1S/C15H31N3O/c1-12(2)18(10-13-7-6-8-16-9-13)11-14(19)17-15(3,4)5/h12-13,16H,6-11H2,1-5H3,(H,17,19). The predicted octanol–water partition coefficient (Wildman–Crippen LogP) is 1.61. The first-order chi connectivity index (χ1) is 8.78. The van der Waals surface area contributed by atoms with E-state index in [0.717, 1.165) is 19.6 Å². The van der Waals surface area contributed by atoms with Crippen molar-refractivity contribution in [2.45, 2.75) is 59.0 Å². The number of piperidine rings is 1. The van der Waals surface area contributed by atoms with Gasteiger partial charge in [-0.25, -0.2) is 0 Å². The molecule has 0 saturated carbocycles. The normalized spacial score (nSPS) is 20.9. The summed E-state index contributed by atoms with van der Waals surface area (Å²) in [5.41, 5.74) is -0.147. The molecule has 4 heteroatoms. The van der Waals surface area contributed by atoms with Gasteiger partial charge in [-0.2, -0.15) is 0 Å². The Kier molecular flexibility index (Phi) is 6.27. The Morgan fingerprint density at radius 3 is 2.58 bits per heavy atom. The molecule has 1 fully saturated rings. The summed E-state index contributed by atoms with van der Waals surface area (Å²) >= 11 is 0. The molecule has 1 atom stereocenters. The largest absolute Gasteiger partial charge is 0.350 e. The summed E-state index contributed by atoms with van der Waals surface area (Å²) in [5.74, 6) is 0.809. The summed E-state index contributed by atoms with van der Waals surface area (Å²) in [6.45, 7) is 14.2. The van der Waals surface area contributed by atoms with Crippen molar-refractivity contribution < 1.29 is 4.79 Å². The van der Waals surface area contributed by atoms with E-state index in [0.29, 0.717) is 18.5 Å². The Bertz CT molecular complexity index is 278. The zero-order valence-electron chi connectivity index (χ0n) is 13.3. The molecule has 0 aromatic carbocycles. The van der Waals surface area contributed by atoms with Crippen LogP contribution >= 0.6 is 0 Å². The Labute approximate surface area is 118 Å². The van der Waals surface area contributed by atoms with Gasteiger partial charge in [-0.05, 0) is 66.5 Å². The topological polar surface area (TPSA) is 44.4 Å². The van der Waals surface area contributed by atoms with Gasteiger partial charge in [-0.3, -0.25) is 9.69 Å². The van der Waals surface area contributed by atoms with Crippen molar-refractivity contribution in [2.24, 2.45) is 5.92 Å². The van der Waals surface area contributed by atoms with E-state index in [1.54, 1.807) is 0 Å². The van der Waals surface area contributed by atoms with Crippen molar-refractivity contribution in [3.8, 4) is 0 Å². The fourth-order valence-electron chi connectivity index (χ4n) is 2.51. The first-order valence-electron chi connectivity index (χ1n) is 7.53. The minimum Gasteiger partial charge on any atom is -0.350 e. The van der Waals surface area contributed by atoms with Crippen molar-refractivity contribution in [1.29, 1.82) is 0 Å². The number of hydrogen-bond acceptors (Lipinski definition) is 3. The number of hydrogen-bond donors (Lipinski definition) is 2. The van der Waals surface area contributed by atoms with Crippen LogP contribution in [0, 0.1) is 5.92 Å². The van der Waals surface area contributed by atoms with E-state index in [9.17, 15) is 4.79 Å². The summed E-state index contributed by atoms with van der Waals surface area (Å²) in [6, 6.07) is 0.410. The van der Waals surface area contributed by atoms with E-state index < -0.39 is 0 Å². The Morgan fingerprint density at radius 1 is 1.42 bits per heavy atom.